The standard InChI is InChI=1S/C14H21NO4/c1-8-6-11(18-4)12(19-5)7-10(8)13(15-3)9(2)14(16)17/h6-7,9,13,15H,1-5H3,(H,16,17). The minimum absolute atomic E-state index is 0.280. The van der Waals surface area contributed by atoms with Crippen LogP contribution in [0.3, 0.4) is 0 Å². The van der Waals surface area contributed by atoms with Crippen LogP contribution in [-0.2, 0) is 4.79 Å². The summed E-state index contributed by atoms with van der Waals surface area (Å²) in [5.41, 5.74) is 1.86. The van der Waals surface area contributed by atoms with Gasteiger partial charge in [-0.1, -0.05) is 6.92 Å². The van der Waals surface area contributed by atoms with Crippen LogP contribution in [0.25, 0.3) is 0 Å². The molecule has 0 radical (unpaired) electrons. The summed E-state index contributed by atoms with van der Waals surface area (Å²) in [6.45, 7) is 3.61. The predicted octanol–water partition coefficient (Wildman–Crippen LogP) is 1.99. The van der Waals surface area contributed by atoms with Gasteiger partial charge in [0.05, 0.1) is 20.1 Å². The number of hydrogen-bond acceptors (Lipinski definition) is 4. The molecule has 0 aliphatic carbocycles. The van der Waals surface area contributed by atoms with Crippen molar-refractivity contribution in [2.75, 3.05) is 21.3 Å². The van der Waals surface area contributed by atoms with Crippen LogP contribution in [0, 0.1) is 12.8 Å². The molecule has 106 valence electrons. The molecule has 0 aliphatic rings. The lowest BCUT2D eigenvalue weighted by atomic mass is 9.91. The first-order valence-corrected chi connectivity index (χ1v) is 6.08. The second kappa shape index (κ2) is 6.43. The lowest BCUT2D eigenvalue weighted by molar-refractivity contribution is -0.142. The van der Waals surface area contributed by atoms with Crippen LogP contribution >= 0.6 is 0 Å². The van der Waals surface area contributed by atoms with Crippen molar-refractivity contribution >= 4 is 5.97 Å². The molecule has 2 N–H and O–H groups in total. The van der Waals surface area contributed by atoms with E-state index in [9.17, 15) is 4.79 Å². The maximum absolute atomic E-state index is 11.2. The van der Waals surface area contributed by atoms with Gasteiger partial charge in [0.1, 0.15) is 0 Å². The van der Waals surface area contributed by atoms with E-state index in [0.29, 0.717) is 11.5 Å². The first kappa shape index (κ1) is 15.3. The van der Waals surface area contributed by atoms with Crippen LogP contribution in [0.1, 0.15) is 24.1 Å². The average molecular weight is 267 g/mol. The second-order valence-electron chi connectivity index (χ2n) is 4.46. The summed E-state index contributed by atoms with van der Waals surface area (Å²) in [4.78, 5) is 11.2. The Labute approximate surface area is 113 Å². The van der Waals surface area contributed by atoms with Crippen LogP contribution in [0.2, 0.25) is 0 Å². The molecule has 19 heavy (non-hydrogen) atoms. The lowest BCUT2D eigenvalue weighted by Gasteiger charge is -2.24. The number of aliphatic carboxylic acids is 1. The molecule has 0 fully saturated rings. The highest BCUT2D eigenvalue weighted by Crippen LogP contribution is 2.35. The van der Waals surface area contributed by atoms with Gasteiger partial charge in [-0.05, 0) is 37.2 Å². The zero-order valence-electron chi connectivity index (χ0n) is 12.0. The van der Waals surface area contributed by atoms with Crippen molar-refractivity contribution in [3.8, 4) is 11.5 Å². The van der Waals surface area contributed by atoms with Gasteiger partial charge < -0.3 is 19.9 Å². The molecule has 2 atom stereocenters. The number of aryl methyl sites for hydroxylation is 1. The average Bonchev–Trinajstić information content (AvgIpc) is 2.40. The zero-order chi connectivity index (χ0) is 14.6. The van der Waals surface area contributed by atoms with E-state index in [2.05, 4.69) is 5.32 Å². The number of methoxy groups -OCH3 is 2. The van der Waals surface area contributed by atoms with E-state index in [-0.39, 0.29) is 6.04 Å². The molecule has 0 aromatic heterocycles. The molecule has 1 aromatic rings. The van der Waals surface area contributed by atoms with Crippen molar-refractivity contribution in [1.29, 1.82) is 0 Å². The Morgan fingerprint density at radius 2 is 1.79 bits per heavy atom. The smallest absolute Gasteiger partial charge is 0.308 e. The van der Waals surface area contributed by atoms with Gasteiger partial charge in [-0.3, -0.25) is 4.79 Å². The molecule has 0 aliphatic heterocycles. The number of carbonyl (C=O) groups is 1. The second-order valence-corrected chi connectivity index (χ2v) is 4.46. The Bertz CT molecular complexity index is 459. The first-order valence-electron chi connectivity index (χ1n) is 6.08. The Hall–Kier alpha value is -1.75. The Morgan fingerprint density at radius 3 is 2.21 bits per heavy atom. The van der Waals surface area contributed by atoms with Crippen LogP contribution in [0.5, 0.6) is 11.5 Å². The van der Waals surface area contributed by atoms with Gasteiger partial charge in [-0.2, -0.15) is 0 Å². The van der Waals surface area contributed by atoms with Gasteiger partial charge in [-0.15, -0.1) is 0 Å². The number of rotatable bonds is 6. The highest BCUT2D eigenvalue weighted by atomic mass is 16.5. The fourth-order valence-electron chi connectivity index (χ4n) is 2.15. The van der Waals surface area contributed by atoms with E-state index < -0.39 is 11.9 Å². The quantitative estimate of drug-likeness (QED) is 0.825. The zero-order valence-corrected chi connectivity index (χ0v) is 12.0. The number of nitrogens with one attached hydrogen (secondary N) is 1. The summed E-state index contributed by atoms with van der Waals surface area (Å²) in [5, 5.41) is 12.2. The van der Waals surface area contributed by atoms with Crippen molar-refractivity contribution in [3.05, 3.63) is 23.3 Å². The summed E-state index contributed by atoms with van der Waals surface area (Å²) in [7, 11) is 4.89. The van der Waals surface area contributed by atoms with Crippen molar-refractivity contribution < 1.29 is 19.4 Å². The highest BCUT2D eigenvalue weighted by Gasteiger charge is 2.26. The normalized spacial score (nSPS) is 13.7. The van der Waals surface area contributed by atoms with Gasteiger partial charge in [0.25, 0.3) is 0 Å². The summed E-state index contributed by atoms with van der Waals surface area (Å²) in [6.07, 6.45) is 0. The molecule has 0 spiro atoms. The van der Waals surface area contributed by atoms with Gasteiger partial charge in [-0.25, -0.2) is 0 Å². The highest BCUT2D eigenvalue weighted by molar-refractivity contribution is 5.71. The van der Waals surface area contributed by atoms with Crippen LogP contribution in [0.15, 0.2) is 12.1 Å². The molecule has 0 bridgehead atoms. The van der Waals surface area contributed by atoms with E-state index in [1.165, 1.54) is 0 Å². The van der Waals surface area contributed by atoms with Crippen molar-refractivity contribution in [3.63, 3.8) is 0 Å². The first-order chi connectivity index (χ1) is 8.96. The molecule has 5 nitrogen and oxygen atoms in total. The Balaban J connectivity index is 3.28. The topological polar surface area (TPSA) is 67.8 Å². The number of ether oxygens (including phenoxy) is 2. The SMILES string of the molecule is CNC(c1cc(OC)c(OC)cc1C)C(C)C(=O)O. The molecule has 0 saturated carbocycles. The van der Waals surface area contributed by atoms with E-state index in [1.54, 1.807) is 28.2 Å². The van der Waals surface area contributed by atoms with Gasteiger partial charge >= 0.3 is 5.97 Å². The molecular weight excluding hydrogens is 246 g/mol. The summed E-state index contributed by atoms with van der Waals surface area (Å²) in [5.74, 6) is -0.141. The maximum atomic E-state index is 11.2. The Morgan fingerprint density at radius 1 is 1.26 bits per heavy atom. The number of carboxylic acid groups (broad SMARTS) is 1. The number of carboxylic acids is 1. The van der Waals surface area contributed by atoms with Gasteiger partial charge in [0.2, 0.25) is 0 Å². The summed E-state index contributed by atoms with van der Waals surface area (Å²) >= 11 is 0. The minimum Gasteiger partial charge on any atom is -0.493 e. The molecule has 1 rings (SSSR count). The molecule has 0 saturated heterocycles. The number of hydrogen-bond donors (Lipinski definition) is 2. The monoisotopic (exact) mass is 267 g/mol. The molecule has 0 amide bonds. The van der Waals surface area contributed by atoms with E-state index in [0.717, 1.165) is 11.1 Å². The van der Waals surface area contributed by atoms with Gasteiger partial charge in [0.15, 0.2) is 11.5 Å². The molecule has 2 unspecified atom stereocenters. The van der Waals surface area contributed by atoms with Crippen LogP contribution in [-0.4, -0.2) is 32.3 Å². The third kappa shape index (κ3) is 3.17. The van der Waals surface area contributed by atoms with Crippen LogP contribution < -0.4 is 14.8 Å². The van der Waals surface area contributed by atoms with E-state index in [4.69, 9.17) is 14.6 Å². The third-order valence-electron chi connectivity index (χ3n) is 3.31. The molecule has 1 aromatic carbocycles. The maximum Gasteiger partial charge on any atom is 0.308 e. The largest absolute Gasteiger partial charge is 0.493 e. The minimum atomic E-state index is -0.839. The third-order valence-corrected chi connectivity index (χ3v) is 3.31. The van der Waals surface area contributed by atoms with Crippen LogP contribution in [0.4, 0.5) is 0 Å². The fourth-order valence-corrected chi connectivity index (χ4v) is 2.15. The fraction of sp³-hybridized carbons (Fsp3) is 0.500. The lowest BCUT2D eigenvalue weighted by Crippen LogP contribution is -2.29. The van der Waals surface area contributed by atoms with E-state index >= 15 is 0 Å². The predicted molar refractivity (Wildman–Crippen MR) is 72.9 cm³/mol. The molecular formula is C14H21NO4. The number of benzene rings is 1. The van der Waals surface area contributed by atoms with Crippen molar-refractivity contribution in [2.45, 2.75) is 19.9 Å². The molecule has 0 heterocycles. The van der Waals surface area contributed by atoms with Crippen molar-refractivity contribution in [1.82, 2.24) is 5.32 Å². The Kier molecular flexibility index (Phi) is 5.18. The molecule has 5 heteroatoms. The summed E-state index contributed by atoms with van der Waals surface area (Å²) < 4.78 is 10.5. The van der Waals surface area contributed by atoms with Gasteiger partial charge in [0, 0.05) is 6.04 Å². The van der Waals surface area contributed by atoms with Crippen molar-refractivity contribution in [2.24, 2.45) is 5.92 Å². The summed E-state index contributed by atoms with van der Waals surface area (Å²) in [6, 6.07) is 3.40. The van der Waals surface area contributed by atoms with E-state index in [1.807, 2.05) is 19.1 Å².